The predicted molar refractivity (Wildman–Crippen MR) is 93.0 cm³/mol. The van der Waals surface area contributed by atoms with Crippen molar-refractivity contribution in [3.8, 4) is 0 Å². The fourth-order valence-corrected chi connectivity index (χ4v) is 2.23. The van der Waals surface area contributed by atoms with Crippen molar-refractivity contribution in [2.24, 2.45) is 0 Å². The van der Waals surface area contributed by atoms with Crippen molar-refractivity contribution in [1.29, 1.82) is 0 Å². The van der Waals surface area contributed by atoms with E-state index in [0.29, 0.717) is 0 Å². The molecule has 0 aliphatic rings. The van der Waals surface area contributed by atoms with Gasteiger partial charge in [0, 0.05) is 12.1 Å². The molecule has 138 valence electrons. The fourth-order valence-electron chi connectivity index (χ4n) is 1.88. The topological polar surface area (TPSA) is 132 Å². The van der Waals surface area contributed by atoms with Gasteiger partial charge in [-0.15, -0.1) is 0 Å². The Morgan fingerprint density at radius 2 is 1.52 bits per heavy atom. The van der Waals surface area contributed by atoms with Crippen LogP contribution in [-0.4, -0.2) is 31.3 Å². The molecule has 1 aromatic rings. The SMILES string of the molecule is CC(C)(C)[NH2+][C@H](NC(=O)c1cc([N+](=O)[O-])cc([N+](=O)[O-])c1)C(Cl)(Cl)Cl. The summed E-state index contributed by atoms with van der Waals surface area (Å²) in [6, 6.07) is 2.58. The van der Waals surface area contributed by atoms with Gasteiger partial charge in [0.05, 0.1) is 27.0 Å². The number of halogens is 3. The van der Waals surface area contributed by atoms with Gasteiger partial charge >= 0.3 is 0 Å². The Labute approximate surface area is 157 Å². The molecule has 0 radical (unpaired) electrons. The molecule has 1 aromatic carbocycles. The number of amides is 1. The van der Waals surface area contributed by atoms with Crippen LogP contribution in [0.2, 0.25) is 0 Å². The molecule has 1 amide bonds. The number of quaternary nitrogens is 1. The minimum absolute atomic E-state index is 0.289. The number of benzene rings is 1. The highest BCUT2D eigenvalue weighted by Crippen LogP contribution is 2.28. The normalized spacial score (nSPS) is 13.2. The van der Waals surface area contributed by atoms with E-state index in [1.54, 1.807) is 5.32 Å². The second-order valence-electron chi connectivity index (χ2n) is 6.28. The second-order valence-corrected chi connectivity index (χ2v) is 8.65. The van der Waals surface area contributed by atoms with Gasteiger partial charge in [-0.2, -0.15) is 0 Å². The lowest BCUT2D eigenvalue weighted by Gasteiger charge is -2.29. The first kappa shape index (κ1) is 21.4. The van der Waals surface area contributed by atoms with E-state index in [-0.39, 0.29) is 5.56 Å². The van der Waals surface area contributed by atoms with Crippen molar-refractivity contribution < 1.29 is 20.0 Å². The monoisotopic (exact) mass is 413 g/mol. The van der Waals surface area contributed by atoms with E-state index < -0.39 is 42.6 Å². The van der Waals surface area contributed by atoms with E-state index >= 15 is 0 Å². The molecule has 0 unspecified atom stereocenters. The summed E-state index contributed by atoms with van der Waals surface area (Å²) in [5, 5.41) is 25.8. The predicted octanol–water partition coefficient (Wildman–Crippen LogP) is 2.29. The Morgan fingerprint density at radius 3 is 1.84 bits per heavy atom. The molecule has 0 aliphatic heterocycles. The number of nitrogens with one attached hydrogen (secondary N) is 1. The van der Waals surface area contributed by atoms with Gasteiger partial charge in [-0.3, -0.25) is 30.3 Å². The van der Waals surface area contributed by atoms with Crippen molar-refractivity contribution in [1.82, 2.24) is 5.32 Å². The minimum Gasteiger partial charge on any atom is -0.319 e. The summed E-state index contributed by atoms with van der Waals surface area (Å²) in [6.45, 7) is 5.46. The fraction of sp³-hybridized carbons (Fsp3) is 0.462. The Balaban J connectivity index is 3.20. The van der Waals surface area contributed by atoms with Gasteiger partial charge in [0.1, 0.15) is 0 Å². The van der Waals surface area contributed by atoms with E-state index in [0.717, 1.165) is 18.2 Å². The molecule has 0 saturated carbocycles. The van der Waals surface area contributed by atoms with E-state index in [9.17, 15) is 25.0 Å². The number of nitro groups is 2. The molecule has 12 heteroatoms. The van der Waals surface area contributed by atoms with Crippen molar-refractivity contribution in [3.05, 3.63) is 44.0 Å². The van der Waals surface area contributed by atoms with E-state index in [1.807, 2.05) is 20.8 Å². The summed E-state index contributed by atoms with van der Waals surface area (Å²) in [4.78, 5) is 32.5. The first-order valence-corrected chi connectivity index (χ1v) is 8.01. The van der Waals surface area contributed by atoms with E-state index in [1.165, 1.54) is 0 Å². The number of carbonyl (C=O) groups is 1. The molecule has 1 atom stereocenters. The van der Waals surface area contributed by atoms with Crippen LogP contribution < -0.4 is 10.6 Å². The van der Waals surface area contributed by atoms with Gasteiger partial charge in [-0.1, -0.05) is 34.8 Å². The standard InChI is InChI=1S/C13H15Cl3N4O5/c1-12(2,3)18-11(13(14,15)16)17-10(21)7-4-8(19(22)23)6-9(5-7)20(24)25/h4-6,11,18H,1-3H3,(H,17,21)/p+1/t11-/m0/s1. The van der Waals surface area contributed by atoms with Crippen molar-refractivity contribution in [2.45, 2.75) is 36.3 Å². The maximum absolute atomic E-state index is 12.4. The third kappa shape index (κ3) is 6.62. The largest absolute Gasteiger partial charge is 0.319 e. The highest BCUT2D eigenvalue weighted by molar-refractivity contribution is 6.68. The van der Waals surface area contributed by atoms with Crippen LogP contribution in [0.1, 0.15) is 31.1 Å². The van der Waals surface area contributed by atoms with Gasteiger partial charge in [-0.25, -0.2) is 0 Å². The second kappa shape index (κ2) is 7.69. The third-order valence-electron chi connectivity index (χ3n) is 2.89. The minimum atomic E-state index is -1.88. The third-order valence-corrected chi connectivity index (χ3v) is 3.60. The Bertz CT molecular complexity index is 668. The Morgan fingerprint density at radius 1 is 1.08 bits per heavy atom. The van der Waals surface area contributed by atoms with Crippen LogP contribution in [0.25, 0.3) is 0 Å². The molecule has 0 aliphatic carbocycles. The molecule has 9 nitrogen and oxygen atoms in total. The molecule has 0 bridgehead atoms. The molecule has 0 saturated heterocycles. The van der Waals surface area contributed by atoms with E-state index in [2.05, 4.69) is 5.32 Å². The zero-order valence-electron chi connectivity index (χ0n) is 13.5. The summed E-state index contributed by atoms with van der Waals surface area (Å²) < 4.78 is -1.88. The molecule has 0 spiro atoms. The number of nitro benzene ring substituents is 2. The average Bonchev–Trinajstić information content (AvgIpc) is 2.43. The number of nitrogens with two attached hydrogens (primary N) is 1. The van der Waals surface area contributed by atoms with Crippen LogP contribution in [0.5, 0.6) is 0 Å². The molecule has 0 fully saturated rings. The number of rotatable bonds is 5. The summed E-state index contributed by atoms with van der Waals surface area (Å²) >= 11 is 17.6. The number of hydrogen-bond donors (Lipinski definition) is 2. The Hall–Kier alpha value is -1.68. The summed E-state index contributed by atoms with van der Waals surface area (Å²) in [7, 11) is 0. The van der Waals surface area contributed by atoms with Crippen molar-refractivity contribution in [2.75, 3.05) is 0 Å². The number of carbonyl (C=O) groups excluding carboxylic acids is 1. The van der Waals surface area contributed by atoms with Gasteiger partial charge in [0.15, 0.2) is 0 Å². The van der Waals surface area contributed by atoms with Gasteiger partial charge in [0.2, 0.25) is 6.17 Å². The lowest BCUT2D eigenvalue weighted by Crippen LogP contribution is -3.03. The Kier molecular flexibility index (Phi) is 6.57. The summed E-state index contributed by atoms with van der Waals surface area (Å²) in [5.74, 6) is -0.844. The van der Waals surface area contributed by atoms with Gasteiger partial charge in [-0.05, 0) is 20.8 Å². The molecule has 25 heavy (non-hydrogen) atoms. The molecular weight excluding hydrogens is 399 g/mol. The van der Waals surface area contributed by atoms with Crippen LogP contribution >= 0.6 is 34.8 Å². The quantitative estimate of drug-likeness (QED) is 0.330. The molecule has 0 heterocycles. The highest BCUT2D eigenvalue weighted by atomic mass is 35.6. The zero-order chi connectivity index (χ0) is 19.6. The first-order valence-electron chi connectivity index (χ1n) is 6.88. The number of nitrogens with zero attached hydrogens (tertiary/aromatic N) is 2. The van der Waals surface area contributed by atoms with Crippen molar-refractivity contribution in [3.63, 3.8) is 0 Å². The average molecular weight is 415 g/mol. The molecule has 0 aromatic heterocycles. The number of non-ortho nitro benzene ring substituents is 2. The maximum atomic E-state index is 12.4. The van der Waals surface area contributed by atoms with Crippen LogP contribution in [0.3, 0.4) is 0 Å². The lowest BCUT2D eigenvalue weighted by atomic mass is 10.1. The number of hydrogen-bond acceptors (Lipinski definition) is 5. The highest BCUT2D eigenvalue weighted by Gasteiger charge is 2.40. The van der Waals surface area contributed by atoms with Crippen LogP contribution in [0.4, 0.5) is 11.4 Å². The van der Waals surface area contributed by atoms with Gasteiger partial charge in [0.25, 0.3) is 21.1 Å². The zero-order valence-corrected chi connectivity index (χ0v) is 15.7. The summed E-state index contributed by atoms with van der Waals surface area (Å²) in [5.41, 5.74) is -1.90. The summed E-state index contributed by atoms with van der Waals surface area (Å²) in [6.07, 6.45) is -1.02. The van der Waals surface area contributed by atoms with Crippen LogP contribution in [0.15, 0.2) is 18.2 Å². The van der Waals surface area contributed by atoms with Gasteiger partial charge < -0.3 is 5.32 Å². The van der Waals surface area contributed by atoms with Crippen LogP contribution in [0, 0.1) is 20.2 Å². The first-order chi connectivity index (χ1) is 11.2. The molecular formula is C13H16Cl3N4O5+. The van der Waals surface area contributed by atoms with E-state index in [4.69, 9.17) is 34.8 Å². The number of alkyl halides is 3. The van der Waals surface area contributed by atoms with Crippen LogP contribution in [-0.2, 0) is 0 Å². The lowest BCUT2D eigenvalue weighted by molar-refractivity contribution is -0.749. The smallest absolute Gasteiger partial charge is 0.277 e. The molecule has 1 rings (SSSR count). The van der Waals surface area contributed by atoms with Crippen molar-refractivity contribution >= 4 is 52.1 Å². The molecule has 3 N–H and O–H groups in total. The maximum Gasteiger partial charge on any atom is 0.277 e.